The Labute approximate surface area is 282 Å². The van der Waals surface area contributed by atoms with Gasteiger partial charge in [0.15, 0.2) is 5.84 Å². The van der Waals surface area contributed by atoms with Crippen LogP contribution in [0.25, 0.3) is 38.4 Å². The third-order valence-corrected chi connectivity index (χ3v) is 10.2. The average molecular weight is 626 g/mol. The summed E-state index contributed by atoms with van der Waals surface area (Å²) in [7, 11) is 0. The molecule has 0 saturated heterocycles. The van der Waals surface area contributed by atoms with Crippen LogP contribution in [-0.2, 0) is 0 Å². The van der Waals surface area contributed by atoms with Gasteiger partial charge in [-0.3, -0.25) is 4.99 Å². The Morgan fingerprint density at radius 1 is 0.812 bits per heavy atom. The lowest BCUT2D eigenvalue weighted by atomic mass is 9.90. The molecule has 2 aliphatic heterocycles. The molecule has 4 atom stereocenters. The summed E-state index contributed by atoms with van der Waals surface area (Å²) in [5, 5.41) is 12.4. The molecular formula is C43H39N5. The number of hydrogen-bond donors (Lipinski definition) is 2. The molecule has 0 aromatic heterocycles. The zero-order valence-electron chi connectivity index (χ0n) is 27.4. The van der Waals surface area contributed by atoms with E-state index in [0.29, 0.717) is 11.8 Å². The molecule has 0 bridgehead atoms. The van der Waals surface area contributed by atoms with Gasteiger partial charge in [0.25, 0.3) is 0 Å². The number of nitrogens with one attached hydrogen (secondary N) is 2. The lowest BCUT2D eigenvalue weighted by Gasteiger charge is -2.27. The average Bonchev–Trinajstić information content (AvgIpc) is 3.92. The zero-order valence-corrected chi connectivity index (χ0v) is 27.4. The number of rotatable bonds is 6. The Balaban J connectivity index is 1.21. The maximum absolute atomic E-state index is 5.27. The molecule has 2 N–H and O–H groups in total. The Hall–Kier alpha value is -5.29. The number of hydrogen-bond acceptors (Lipinski definition) is 5. The molecule has 48 heavy (non-hydrogen) atoms. The van der Waals surface area contributed by atoms with Crippen LogP contribution in [0, 0.1) is 11.8 Å². The number of aliphatic imine (C=N–C) groups is 3. The van der Waals surface area contributed by atoms with E-state index in [2.05, 4.69) is 140 Å². The second-order valence-corrected chi connectivity index (χ2v) is 13.7. The third kappa shape index (κ3) is 5.43. The third-order valence-electron chi connectivity index (χ3n) is 10.2. The van der Waals surface area contributed by atoms with Gasteiger partial charge < -0.3 is 10.6 Å². The Kier molecular flexibility index (Phi) is 7.07. The molecular weight excluding hydrogens is 587 g/mol. The van der Waals surface area contributed by atoms with E-state index in [1.807, 2.05) is 0 Å². The lowest BCUT2D eigenvalue weighted by Crippen LogP contribution is -2.39. The first kappa shape index (κ1) is 28.9. The molecule has 1 fully saturated rings. The first-order valence-corrected chi connectivity index (χ1v) is 17.3. The van der Waals surface area contributed by atoms with Crippen molar-refractivity contribution in [1.29, 1.82) is 0 Å². The summed E-state index contributed by atoms with van der Waals surface area (Å²) in [6, 6.07) is 26.7. The Morgan fingerprint density at radius 3 is 2.48 bits per heavy atom. The van der Waals surface area contributed by atoms with Crippen LogP contribution in [0.2, 0.25) is 0 Å². The SMILES string of the molecule is CC1=NC(C)NC(c2cc(C3=NC(C4=CC=CCC4)=NC(CC4=CC=CC5CC45)N3)cc(-c3cc4ccccc4c4ccccc34)c2)=C1. The summed E-state index contributed by atoms with van der Waals surface area (Å²) in [4.78, 5) is 15.2. The van der Waals surface area contributed by atoms with Crippen molar-refractivity contribution in [2.75, 3.05) is 0 Å². The van der Waals surface area contributed by atoms with Crippen molar-refractivity contribution < 1.29 is 0 Å². The monoisotopic (exact) mass is 625 g/mol. The van der Waals surface area contributed by atoms with Crippen molar-refractivity contribution in [3.05, 3.63) is 138 Å². The predicted molar refractivity (Wildman–Crippen MR) is 201 cm³/mol. The number of allylic oxidation sites excluding steroid dienone is 7. The van der Waals surface area contributed by atoms with Gasteiger partial charge in [-0.15, -0.1) is 0 Å². The molecule has 0 spiro atoms. The largest absolute Gasteiger partial charge is 0.363 e. The van der Waals surface area contributed by atoms with Crippen LogP contribution >= 0.6 is 0 Å². The fourth-order valence-electron chi connectivity index (χ4n) is 7.82. The summed E-state index contributed by atoms with van der Waals surface area (Å²) in [5.74, 6) is 3.11. The molecule has 4 aromatic carbocycles. The van der Waals surface area contributed by atoms with Gasteiger partial charge in [-0.1, -0.05) is 90.6 Å². The molecule has 1 saturated carbocycles. The highest BCUT2D eigenvalue weighted by molar-refractivity contribution is 6.16. The van der Waals surface area contributed by atoms with Gasteiger partial charge in [-0.2, -0.15) is 0 Å². The molecule has 236 valence electrons. The number of nitrogens with zero attached hydrogens (tertiary/aromatic N) is 3. The molecule has 4 aromatic rings. The minimum atomic E-state index is -0.0756. The first-order valence-electron chi connectivity index (χ1n) is 17.3. The molecule has 9 rings (SSSR count). The lowest BCUT2D eigenvalue weighted by molar-refractivity contribution is 0.600. The second kappa shape index (κ2) is 11.7. The zero-order chi connectivity index (χ0) is 32.2. The van der Waals surface area contributed by atoms with Crippen molar-refractivity contribution >= 4 is 44.6 Å². The highest BCUT2D eigenvalue weighted by atomic mass is 15.2. The van der Waals surface area contributed by atoms with Crippen LogP contribution in [0.15, 0.2) is 141 Å². The summed E-state index contributed by atoms with van der Waals surface area (Å²) in [5.41, 5.74) is 9.34. The van der Waals surface area contributed by atoms with Gasteiger partial charge in [-0.05, 0) is 119 Å². The van der Waals surface area contributed by atoms with Gasteiger partial charge in [0, 0.05) is 23.4 Å². The van der Waals surface area contributed by atoms with E-state index in [-0.39, 0.29) is 12.3 Å². The van der Waals surface area contributed by atoms with Gasteiger partial charge >= 0.3 is 0 Å². The van der Waals surface area contributed by atoms with Gasteiger partial charge in [0.2, 0.25) is 0 Å². The molecule has 0 radical (unpaired) electrons. The molecule has 5 heteroatoms. The van der Waals surface area contributed by atoms with E-state index in [1.165, 1.54) is 44.7 Å². The van der Waals surface area contributed by atoms with Crippen LogP contribution in [0.1, 0.15) is 50.7 Å². The Morgan fingerprint density at radius 2 is 1.62 bits per heavy atom. The summed E-state index contributed by atoms with van der Waals surface area (Å²) in [6.45, 7) is 4.18. The van der Waals surface area contributed by atoms with E-state index in [0.717, 1.165) is 59.0 Å². The van der Waals surface area contributed by atoms with Crippen LogP contribution in [0.5, 0.6) is 0 Å². The molecule has 3 aliphatic carbocycles. The van der Waals surface area contributed by atoms with E-state index in [4.69, 9.17) is 15.0 Å². The first-order chi connectivity index (χ1) is 23.6. The van der Waals surface area contributed by atoms with E-state index in [1.54, 1.807) is 0 Å². The highest BCUT2D eigenvalue weighted by Gasteiger charge is 2.40. The highest BCUT2D eigenvalue weighted by Crippen LogP contribution is 2.49. The van der Waals surface area contributed by atoms with Gasteiger partial charge in [-0.25, -0.2) is 9.98 Å². The predicted octanol–water partition coefficient (Wildman–Crippen LogP) is 9.28. The van der Waals surface area contributed by atoms with Crippen molar-refractivity contribution in [3.63, 3.8) is 0 Å². The maximum Gasteiger partial charge on any atom is 0.154 e. The van der Waals surface area contributed by atoms with Crippen LogP contribution in [0.3, 0.4) is 0 Å². The van der Waals surface area contributed by atoms with Crippen molar-refractivity contribution in [2.24, 2.45) is 26.8 Å². The van der Waals surface area contributed by atoms with E-state index >= 15 is 0 Å². The number of benzene rings is 4. The number of amidine groups is 2. The van der Waals surface area contributed by atoms with Crippen molar-refractivity contribution in [3.8, 4) is 11.1 Å². The summed E-state index contributed by atoms with van der Waals surface area (Å²) >= 11 is 0. The smallest absolute Gasteiger partial charge is 0.154 e. The fraction of sp³-hybridized carbons (Fsp3) is 0.233. The molecule has 2 heterocycles. The minimum absolute atomic E-state index is 0.00206. The fourth-order valence-corrected chi connectivity index (χ4v) is 7.82. The topological polar surface area (TPSA) is 61.1 Å². The summed E-state index contributed by atoms with van der Waals surface area (Å²) < 4.78 is 0. The molecule has 5 aliphatic rings. The standard InChI is InChI=1S/C43H39N5/c1-26-19-40(45-27(2)44-26)33-20-32(39-24-29-13-6-7-16-35(29)36-17-8-9-18-37(36)39)21-34(22-33)43-47-41(25-31-15-10-14-30-23-38(30)31)46-42(48-43)28-11-4-3-5-12-28/h3-4,6-11,13-22,24,27,30,38,41,45H,5,12,23,25H2,1-2H3,(H,46,47,48). The molecule has 5 nitrogen and oxygen atoms in total. The summed E-state index contributed by atoms with van der Waals surface area (Å²) in [6.07, 6.45) is 19.7. The maximum atomic E-state index is 5.27. The van der Waals surface area contributed by atoms with Gasteiger partial charge in [0.1, 0.15) is 18.2 Å². The normalized spacial score (nSPS) is 24.4. The van der Waals surface area contributed by atoms with Crippen LogP contribution in [-0.4, -0.2) is 29.7 Å². The molecule has 0 amide bonds. The van der Waals surface area contributed by atoms with Crippen molar-refractivity contribution in [1.82, 2.24) is 10.6 Å². The van der Waals surface area contributed by atoms with E-state index < -0.39 is 0 Å². The quantitative estimate of drug-likeness (QED) is 0.210. The van der Waals surface area contributed by atoms with Crippen molar-refractivity contribution in [2.45, 2.75) is 51.9 Å². The Bertz CT molecular complexity index is 2240. The molecule has 4 unspecified atom stereocenters. The second-order valence-electron chi connectivity index (χ2n) is 13.7. The van der Waals surface area contributed by atoms with Gasteiger partial charge in [0.05, 0.1) is 0 Å². The van der Waals surface area contributed by atoms with Crippen LogP contribution in [0.4, 0.5) is 0 Å². The van der Waals surface area contributed by atoms with Crippen LogP contribution < -0.4 is 10.6 Å². The minimum Gasteiger partial charge on any atom is -0.363 e. The number of fused-ring (bicyclic) bond motifs is 4. The van der Waals surface area contributed by atoms with E-state index in [9.17, 15) is 0 Å².